The number of rotatable bonds is 16. The van der Waals surface area contributed by atoms with Gasteiger partial charge in [0.15, 0.2) is 0 Å². The molecule has 1 unspecified atom stereocenters. The van der Waals surface area contributed by atoms with Crippen LogP contribution >= 0.6 is 0 Å². The largest absolute Gasteiger partial charge is 0.478 e. The summed E-state index contributed by atoms with van der Waals surface area (Å²) >= 11 is 0. The lowest BCUT2D eigenvalue weighted by Crippen LogP contribution is -2.28. The highest BCUT2D eigenvalue weighted by atomic mass is 16.5. The van der Waals surface area contributed by atoms with E-state index in [1.807, 2.05) is 13.8 Å². The number of methoxy groups -OCH3 is 1. The van der Waals surface area contributed by atoms with Crippen LogP contribution in [-0.2, 0) is 19.0 Å². The summed E-state index contributed by atoms with van der Waals surface area (Å²) in [7, 11) is 1.61. The molecule has 1 aromatic carbocycles. The summed E-state index contributed by atoms with van der Waals surface area (Å²) in [5.41, 5.74) is 3.03. The first kappa shape index (κ1) is 28.2. The van der Waals surface area contributed by atoms with Crippen LogP contribution < -0.4 is 5.32 Å². The predicted octanol–water partition coefficient (Wildman–Crippen LogP) is 3.40. The Hall–Kier alpha value is -2.88. The molecule has 0 spiro atoms. The number of hydrogen-bond donors (Lipinski definition) is 2. The van der Waals surface area contributed by atoms with Gasteiger partial charge < -0.3 is 24.6 Å². The smallest absolute Gasteiger partial charge is 0.335 e. The minimum absolute atomic E-state index is 0.0436. The van der Waals surface area contributed by atoms with E-state index in [0.717, 1.165) is 16.7 Å². The maximum absolute atomic E-state index is 12.3. The van der Waals surface area contributed by atoms with Crippen LogP contribution in [0, 0.1) is 4.91 Å². The van der Waals surface area contributed by atoms with Crippen LogP contribution in [0.4, 0.5) is 0 Å². The van der Waals surface area contributed by atoms with Crippen molar-refractivity contribution < 1.29 is 28.9 Å². The van der Waals surface area contributed by atoms with Gasteiger partial charge in [-0.15, -0.1) is 0 Å². The lowest BCUT2D eigenvalue weighted by atomic mass is 9.90. The molecule has 1 rings (SSSR count). The van der Waals surface area contributed by atoms with E-state index in [1.165, 1.54) is 6.07 Å². The molecular formula is C24H34N2O7. The van der Waals surface area contributed by atoms with Crippen molar-refractivity contribution in [3.63, 3.8) is 0 Å². The van der Waals surface area contributed by atoms with E-state index in [-0.39, 0.29) is 23.9 Å². The molecule has 0 aliphatic carbocycles. The van der Waals surface area contributed by atoms with Crippen LogP contribution in [0.5, 0.6) is 0 Å². The van der Waals surface area contributed by atoms with Crippen LogP contribution in [-0.4, -0.2) is 70.2 Å². The van der Waals surface area contributed by atoms with Crippen LogP contribution in [0.2, 0.25) is 0 Å². The van der Waals surface area contributed by atoms with Gasteiger partial charge in [0.1, 0.15) is 0 Å². The molecule has 0 bridgehead atoms. The summed E-state index contributed by atoms with van der Waals surface area (Å²) in [4.78, 5) is 34.3. The van der Waals surface area contributed by atoms with E-state index in [0.29, 0.717) is 45.2 Å². The highest BCUT2D eigenvalue weighted by Gasteiger charge is 2.15. The summed E-state index contributed by atoms with van der Waals surface area (Å²) in [6, 6.07) is 4.80. The van der Waals surface area contributed by atoms with Gasteiger partial charge in [0.2, 0.25) is 5.91 Å². The Balaban J connectivity index is 2.68. The van der Waals surface area contributed by atoms with Crippen molar-refractivity contribution in [2.45, 2.75) is 26.7 Å². The molecular weight excluding hydrogens is 428 g/mol. The highest BCUT2D eigenvalue weighted by molar-refractivity contribution is 5.93. The van der Waals surface area contributed by atoms with Crippen molar-refractivity contribution >= 4 is 17.4 Å². The van der Waals surface area contributed by atoms with Gasteiger partial charge in [-0.25, -0.2) is 4.79 Å². The van der Waals surface area contributed by atoms with Crippen molar-refractivity contribution in [1.29, 1.82) is 0 Å². The van der Waals surface area contributed by atoms with Gasteiger partial charge in [-0.2, -0.15) is 4.91 Å². The zero-order valence-corrected chi connectivity index (χ0v) is 19.8. The van der Waals surface area contributed by atoms with Gasteiger partial charge in [0, 0.05) is 25.1 Å². The molecule has 0 radical (unpaired) electrons. The number of allylic oxidation sites excluding steroid dienone is 3. The molecule has 9 heteroatoms. The number of benzene rings is 1. The maximum Gasteiger partial charge on any atom is 0.335 e. The molecule has 9 nitrogen and oxygen atoms in total. The number of nitroso groups, excluding NO2 is 1. The quantitative estimate of drug-likeness (QED) is 0.167. The van der Waals surface area contributed by atoms with Gasteiger partial charge in [0.25, 0.3) is 0 Å². The molecule has 0 aliphatic heterocycles. The Labute approximate surface area is 194 Å². The molecule has 0 heterocycles. The summed E-state index contributed by atoms with van der Waals surface area (Å²) < 4.78 is 15.6. The lowest BCUT2D eigenvalue weighted by Gasteiger charge is -2.15. The molecule has 0 fully saturated rings. The molecule has 0 saturated carbocycles. The molecule has 2 N–H and O–H groups in total. The Bertz CT molecular complexity index is 849. The SMILES string of the molecule is COCCOCCOCCNC(=O)/C(C)=C/C=C(\C)c1ccc(C(=O)O)cc1C(C)CN=O. The summed E-state index contributed by atoms with van der Waals surface area (Å²) in [6.45, 7) is 8.16. The van der Waals surface area contributed by atoms with Gasteiger partial charge >= 0.3 is 5.97 Å². The number of carbonyl (C=O) groups excluding carboxylic acids is 1. The van der Waals surface area contributed by atoms with E-state index >= 15 is 0 Å². The number of nitrogens with zero attached hydrogens (tertiary/aromatic N) is 1. The third kappa shape index (κ3) is 10.5. The Kier molecular flexibility index (Phi) is 13.5. The fraction of sp³-hybridized carbons (Fsp3) is 0.500. The van der Waals surface area contributed by atoms with Crippen LogP contribution in [0.25, 0.3) is 5.57 Å². The van der Waals surface area contributed by atoms with Crippen LogP contribution in [0.15, 0.2) is 41.1 Å². The van der Waals surface area contributed by atoms with E-state index in [2.05, 4.69) is 10.5 Å². The maximum atomic E-state index is 12.3. The Morgan fingerprint density at radius 2 is 1.76 bits per heavy atom. The van der Waals surface area contributed by atoms with E-state index in [1.54, 1.807) is 38.3 Å². The normalized spacial score (nSPS) is 13.0. The predicted molar refractivity (Wildman–Crippen MR) is 126 cm³/mol. The van der Waals surface area contributed by atoms with Crippen molar-refractivity contribution in [2.75, 3.05) is 53.2 Å². The zero-order chi connectivity index (χ0) is 24.6. The topological polar surface area (TPSA) is 124 Å². The first-order valence-electron chi connectivity index (χ1n) is 10.8. The van der Waals surface area contributed by atoms with Crippen molar-refractivity contribution in [2.24, 2.45) is 5.18 Å². The number of carboxylic acids is 1. The van der Waals surface area contributed by atoms with Gasteiger partial charge in [-0.3, -0.25) is 4.79 Å². The number of carbonyl (C=O) groups is 2. The Morgan fingerprint density at radius 3 is 2.39 bits per heavy atom. The van der Waals surface area contributed by atoms with Crippen LogP contribution in [0.1, 0.15) is 48.2 Å². The average Bonchev–Trinajstić information content (AvgIpc) is 2.80. The fourth-order valence-corrected chi connectivity index (χ4v) is 2.93. The van der Waals surface area contributed by atoms with Gasteiger partial charge in [0.05, 0.1) is 45.1 Å². The zero-order valence-electron chi connectivity index (χ0n) is 19.8. The molecule has 1 aromatic rings. The van der Waals surface area contributed by atoms with Gasteiger partial charge in [-0.1, -0.05) is 30.3 Å². The van der Waals surface area contributed by atoms with Crippen molar-refractivity contribution in [3.8, 4) is 0 Å². The third-order valence-corrected chi connectivity index (χ3v) is 4.88. The van der Waals surface area contributed by atoms with E-state index in [4.69, 9.17) is 14.2 Å². The lowest BCUT2D eigenvalue weighted by molar-refractivity contribution is -0.117. The number of hydrogen-bond acceptors (Lipinski definition) is 7. The molecule has 33 heavy (non-hydrogen) atoms. The number of amides is 1. The van der Waals surface area contributed by atoms with Crippen LogP contribution in [0.3, 0.4) is 0 Å². The number of aromatic carboxylic acids is 1. The second-order valence-electron chi connectivity index (χ2n) is 7.49. The second-order valence-corrected chi connectivity index (χ2v) is 7.49. The van der Waals surface area contributed by atoms with E-state index < -0.39 is 5.97 Å². The molecule has 0 saturated heterocycles. The minimum atomic E-state index is -1.04. The van der Waals surface area contributed by atoms with E-state index in [9.17, 15) is 19.6 Å². The molecule has 0 aromatic heterocycles. The van der Waals surface area contributed by atoms with Crippen molar-refractivity contribution in [1.82, 2.24) is 5.32 Å². The first-order valence-corrected chi connectivity index (χ1v) is 10.8. The Morgan fingerprint density at radius 1 is 1.09 bits per heavy atom. The fourth-order valence-electron chi connectivity index (χ4n) is 2.93. The summed E-state index contributed by atoms with van der Waals surface area (Å²) in [6.07, 6.45) is 3.50. The minimum Gasteiger partial charge on any atom is -0.478 e. The number of nitrogens with one attached hydrogen (secondary N) is 1. The molecule has 182 valence electrons. The standard InChI is InChI=1S/C24H34N2O7/c1-17(21-8-7-20(24(28)29)15-22(21)19(3)16-26-30)5-6-18(2)23(27)25-9-10-32-13-14-33-12-11-31-4/h5-8,15,19H,9-14,16H2,1-4H3,(H,25,27)(H,28,29)/b17-5+,18-6+. The molecule has 0 aliphatic rings. The average molecular weight is 463 g/mol. The summed E-state index contributed by atoms with van der Waals surface area (Å²) in [5.74, 6) is -1.48. The molecule has 1 amide bonds. The number of ether oxygens (including phenoxy) is 3. The third-order valence-electron chi connectivity index (χ3n) is 4.88. The number of carboxylic acid groups (broad SMARTS) is 1. The first-order chi connectivity index (χ1) is 15.8. The summed E-state index contributed by atoms with van der Waals surface area (Å²) in [5, 5.41) is 15.0. The second kappa shape index (κ2) is 15.8. The van der Waals surface area contributed by atoms with Crippen molar-refractivity contribution in [3.05, 3.63) is 57.5 Å². The highest BCUT2D eigenvalue weighted by Crippen LogP contribution is 2.28. The monoisotopic (exact) mass is 462 g/mol. The van der Waals surface area contributed by atoms with Gasteiger partial charge in [-0.05, 0) is 42.7 Å². The molecule has 1 atom stereocenters.